The summed E-state index contributed by atoms with van der Waals surface area (Å²) in [4.78, 5) is 25.0. The van der Waals surface area contributed by atoms with E-state index in [0.29, 0.717) is 6.42 Å². The Morgan fingerprint density at radius 2 is 1.84 bits per heavy atom. The highest BCUT2D eigenvalue weighted by Crippen LogP contribution is 2.23. The molecule has 6 heteroatoms. The Hall–Kier alpha value is -2.63. The van der Waals surface area contributed by atoms with Gasteiger partial charge in [-0.3, -0.25) is 4.79 Å². The topological polar surface area (TPSA) is 58.6 Å². The number of benzene rings is 1. The van der Waals surface area contributed by atoms with E-state index in [-0.39, 0.29) is 5.91 Å². The van der Waals surface area contributed by atoms with Gasteiger partial charge in [0, 0.05) is 44.2 Å². The number of anilines is 1. The maximum atomic E-state index is 12.0. The number of carbonyl (C=O) groups excluding carboxylic acids is 1. The summed E-state index contributed by atoms with van der Waals surface area (Å²) in [6, 6.07) is 9.84. The molecule has 3 rings (SSSR count). The van der Waals surface area contributed by atoms with Gasteiger partial charge < -0.3 is 14.5 Å². The predicted molar refractivity (Wildman–Crippen MR) is 97.7 cm³/mol. The smallest absolute Gasteiger partial charge is 0.222 e. The first-order valence-electron chi connectivity index (χ1n) is 8.70. The minimum absolute atomic E-state index is 0.253. The molecule has 0 spiro atoms. The van der Waals surface area contributed by atoms with E-state index in [0.717, 1.165) is 55.4 Å². The predicted octanol–water partition coefficient (Wildman–Crippen LogP) is 2.60. The van der Waals surface area contributed by atoms with Gasteiger partial charge in [0.1, 0.15) is 17.9 Å². The van der Waals surface area contributed by atoms with Crippen LogP contribution < -0.4 is 9.64 Å². The van der Waals surface area contributed by atoms with Crippen molar-refractivity contribution in [2.45, 2.75) is 19.8 Å². The fraction of sp³-hybridized carbons (Fsp3) is 0.421. The normalized spacial score (nSPS) is 14.5. The summed E-state index contributed by atoms with van der Waals surface area (Å²) in [6.07, 6.45) is 3.13. The van der Waals surface area contributed by atoms with Crippen LogP contribution in [0.25, 0.3) is 11.3 Å². The van der Waals surface area contributed by atoms with E-state index < -0.39 is 0 Å². The van der Waals surface area contributed by atoms with Crippen molar-refractivity contribution in [1.82, 2.24) is 14.9 Å². The molecule has 132 valence electrons. The van der Waals surface area contributed by atoms with Crippen molar-refractivity contribution in [2.24, 2.45) is 0 Å². The second-order valence-electron chi connectivity index (χ2n) is 6.11. The molecule has 1 aliphatic rings. The molecule has 6 nitrogen and oxygen atoms in total. The number of piperazine rings is 1. The maximum Gasteiger partial charge on any atom is 0.222 e. The number of carbonyl (C=O) groups is 1. The quantitative estimate of drug-likeness (QED) is 0.837. The number of rotatable bonds is 5. The molecule has 2 aromatic rings. The number of hydrogen-bond donors (Lipinski definition) is 0. The highest BCUT2D eigenvalue weighted by molar-refractivity contribution is 5.76. The minimum atomic E-state index is 0.253. The van der Waals surface area contributed by atoms with E-state index in [1.807, 2.05) is 42.2 Å². The third kappa shape index (κ3) is 4.07. The van der Waals surface area contributed by atoms with Crippen LogP contribution in [0.3, 0.4) is 0 Å². The number of amides is 1. The summed E-state index contributed by atoms with van der Waals surface area (Å²) in [5, 5.41) is 0. The number of hydrogen-bond acceptors (Lipinski definition) is 5. The van der Waals surface area contributed by atoms with Crippen LogP contribution in [-0.4, -0.2) is 54.1 Å². The molecule has 0 bridgehead atoms. The lowest BCUT2D eigenvalue weighted by molar-refractivity contribution is -0.131. The Morgan fingerprint density at radius 1 is 1.12 bits per heavy atom. The van der Waals surface area contributed by atoms with E-state index >= 15 is 0 Å². The first-order valence-corrected chi connectivity index (χ1v) is 8.70. The molecular formula is C19H24N4O2. The zero-order valence-corrected chi connectivity index (χ0v) is 14.8. The number of aromatic nitrogens is 2. The van der Waals surface area contributed by atoms with Crippen molar-refractivity contribution in [1.29, 1.82) is 0 Å². The van der Waals surface area contributed by atoms with Crippen LogP contribution >= 0.6 is 0 Å². The number of nitrogens with zero attached hydrogens (tertiary/aromatic N) is 4. The van der Waals surface area contributed by atoms with Crippen LogP contribution in [0, 0.1) is 0 Å². The zero-order chi connectivity index (χ0) is 17.6. The van der Waals surface area contributed by atoms with Gasteiger partial charge in [-0.2, -0.15) is 0 Å². The summed E-state index contributed by atoms with van der Waals surface area (Å²) in [7, 11) is 1.66. The minimum Gasteiger partial charge on any atom is -0.497 e. The molecule has 0 atom stereocenters. The fourth-order valence-electron chi connectivity index (χ4n) is 3.00. The molecule has 1 aromatic carbocycles. The van der Waals surface area contributed by atoms with Crippen LogP contribution in [0.15, 0.2) is 36.7 Å². The molecule has 1 fully saturated rings. The monoisotopic (exact) mass is 340 g/mol. The van der Waals surface area contributed by atoms with Gasteiger partial charge in [-0.15, -0.1) is 0 Å². The summed E-state index contributed by atoms with van der Waals surface area (Å²) in [6.45, 7) is 5.14. The first-order chi connectivity index (χ1) is 12.2. The lowest BCUT2D eigenvalue weighted by Crippen LogP contribution is -2.49. The Bertz CT molecular complexity index is 710. The average molecular weight is 340 g/mol. The summed E-state index contributed by atoms with van der Waals surface area (Å²) < 4.78 is 5.20. The van der Waals surface area contributed by atoms with Gasteiger partial charge in [-0.25, -0.2) is 9.97 Å². The van der Waals surface area contributed by atoms with Crippen LogP contribution in [0.4, 0.5) is 5.82 Å². The molecule has 1 aliphatic heterocycles. The van der Waals surface area contributed by atoms with E-state index in [2.05, 4.69) is 14.9 Å². The summed E-state index contributed by atoms with van der Waals surface area (Å²) in [5.74, 6) is 1.98. The average Bonchev–Trinajstić information content (AvgIpc) is 2.68. The highest BCUT2D eigenvalue weighted by Gasteiger charge is 2.21. The van der Waals surface area contributed by atoms with Gasteiger partial charge in [0.2, 0.25) is 5.91 Å². The van der Waals surface area contributed by atoms with Gasteiger partial charge in [-0.1, -0.05) is 6.92 Å². The van der Waals surface area contributed by atoms with Gasteiger partial charge in [0.05, 0.1) is 12.8 Å². The van der Waals surface area contributed by atoms with E-state index in [4.69, 9.17) is 4.74 Å². The summed E-state index contributed by atoms with van der Waals surface area (Å²) >= 11 is 0. The Labute approximate surface area is 148 Å². The Morgan fingerprint density at radius 3 is 2.48 bits per heavy atom. The Kier molecular flexibility index (Phi) is 5.48. The van der Waals surface area contributed by atoms with Crippen LogP contribution in [-0.2, 0) is 4.79 Å². The number of methoxy groups -OCH3 is 1. The van der Waals surface area contributed by atoms with Gasteiger partial charge in [-0.05, 0) is 30.7 Å². The first kappa shape index (κ1) is 17.2. The molecule has 25 heavy (non-hydrogen) atoms. The maximum absolute atomic E-state index is 12.0. The van der Waals surface area contributed by atoms with Crippen molar-refractivity contribution >= 4 is 11.7 Å². The van der Waals surface area contributed by atoms with Crippen molar-refractivity contribution in [3.63, 3.8) is 0 Å². The number of ether oxygens (including phenoxy) is 1. The lowest BCUT2D eigenvalue weighted by atomic mass is 10.1. The molecule has 0 unspecified atom stereocenters. The van der Waals surface area contributed by atoms with E-state index in [9.17, 15) is 4.79 Å². The van der Waals surface area contributed by atoms with Crippen LogP contribution in [0.1, 0.15) is 19.8 Å². The second kappa shape index (κ2) is 7.96. The highest BCUT2D eigenvalue weighted by atomic mass is 16.5. The van der Waals surface area contributed by atoms with Crippen molar-refractivity contribution in [3.05, 3.63) is 36.7 Å². The van der Waals surface area contributed by atoms with E-state index in [1.165, 1.54) is 0 Å². The standard InChI is InChI=1S/C19H24N4O2/c1-3-4-19(24)23-11-9-22(10-12-23)18-13-17(20-14-21-18)15-5-7-16(25-2)8-6-15/h5-8,13-14H,3-4,9-12H2,1-2H3. The molecular weight excluding hydrogens is 316 g/mol. The van der Waals surface area contributed by atoms with Crippen LogP contribution in [0.2, 0.25) is 0 Å². The summed E-state index contributed by atoms with van der Waals surface area (Å²) in [5.41, 5.74) is 1.92. The molecule has 2 heterocycles. The van der Waals surface area contributed by atoms with Crippen molar-refractivity contribution in [2.75, 3.05) is 38.2 Å². The molecule has 1 saturated heterocycles. The van der Waals surface area contributed by atoms with E-state index in [1.54, 1.807) is 13.4 Å². The van der Waals surface area contributed by atoms with Crippen molar-refractivity contribution < 1.29 is 9.53 Å². The third-order valence-corrected chi connectivity index (χ3v) is 4.46. The largest absolute Gasteiger partial charge is 0.497 e. The molecule has 0 radical (unpaired) electrons. The van der Waals surface area contributed by atoms with Crippen LogP contribution in [0.5, 0.6) is 5.75 Å². The molecule has 1 amide bonds. The second-order valence-corrected chi connectivity index (χ2v) is 6.11. The van der Waals surface area contributed by atoms with Gasteiger partial charge in [0.15, 0.2) is 0 Å². The van der Waals surface area contributed by atoms with Crippen molar-refractivity contribution in [3.8, 4) is 17.0 Å². The molecule has 0 N–H and O–H groups in total. The fourth-order valence-corrected chi connectivity index (χ4v) is 3.00. The van der Waals surface area contributed by atoms with Gasteiger partial charge in [0.25, 0.3) is 0 Å². The molecule has 0 aliphatic carbocycles. The third-order valence-electron chi connectivity index (χ3n) is 4.46. The zero-order valence-electron chi connectivity index (χ0n) is 14.8. The molecule has 1 aromatic heterocycles. The Balaban J connectivity index is 1.69. The SMILES string of the molecule is CCCC(=O)N1CCN(c2cc(-c3ccc(OC)cc3)ncn2)CC1. The van der Waals surface area contributed by atoms with Gasteiger partial charge >= 0.3 is 0 Å². The lowest BCUT2D eigenvalue weighted by Gasteiger charge is -2.35. The molecule has 0 saturated carbocycles.